The van der Waals surface area contributed by atoms with Gasteiger partial charge in [0.15, 0.2) is 0 Å². The third-order valence-electron chi connectivity index (χ3n) is 0.780. The van der Waals surface area contributed by atoms with Crippen molar-refractivity contribution in [2.45, 2.75) is 6.42 Å². The fraction of sp³-hybridized carbons (Fsp3) is 1.00. The second-order valence-electron chi connectivity index (χ2n) is 1.45. The molecule has 48 valence electrons. The molecule has 0 aromatic heterocycles. The minimum Gasteiger partial charge on any atom is -0.300 e. The largest absolute Gasteiger partial charge is 0.396 e. The molecular formula is C3H6BrO3P. The summed E-state index contributed by atoms with van der Waals surface area (Å²) in [5.74, 6) is 0. The molecule has 0 aromatic rings. The predicted molar refractivity (Wildman–Crippen MR) is 33.1 cm³/mol. The minimum absolute atomic E-state index is 0.530. The molecule has 0 bridgehead atoms. The Balaban J connectivity index is 2.45. The molecule has 5 heteroatoms. The van der Waals surface area contributed by atoms with Gasteiger partial charge in [0.25, 0.3) is 0 Å². The van der Waals surface area contributed by atoms with Gasteiger partial charge < -0.3 is 9.05 Å². The Morgan fingerprint density at radius 1 is 1.38 bits per heavy atom. The van der Waals surface area contributed by atoms with Gasteiger partial charge in [-0.1, -0.05) is 0 Å². The quantitative estimate of drug-likeness (QED) is 0.561. The Morgan fingerprint density at radius 2 is 1.88 bits per heavy atom. The van der Waals surface area contributed by atoms with Crippen molar-refractivity contribution >= 4 is 21.8 Å². The van der Waals surface area contributed by atoms with Crippen LogP contribution in [0.2, 0.25) is 0 Å². The van der Waals surface area contributed by atoms with Crippen LogP contribution >= 0.6 is 21.8 Å². The zero-order valence-electron chi connectivity index (χ0n) is 4.17. The van der Waals surface area contributed by atoms with Crippen molar-refractivity contribution in [3.63, 3.8) is 0 Å². The lowest BCUT2D eigenvalue weighted by Crippen LogP contribution is -2.03. The van der Waals surface area contributed by atoms with Crippen LogP contribution in [0, 0.1) is 0 Å². The third kappa shape index (κ3) is 1.86. The maximum atomic E-state index is 10.7. The lowest BCUT2D eigenvalue weighted by Gasteiger charge is -2.16. The first-order valence-corrected chi connectivity index (χ1v) is 5.86. The van der Waals surface area contributed by atoms with E-state index in [0.29, 0.717) is 13.2 Å². The van der Waals surface area contributed by atoms with E-state index >= 15 is 0 Å². The predicted octanol–water partition coefficient (Wildman–Crippen LogP) is 1.93. The van der Waals surface area contributed by atoms with Crippen molar-refractivity contribution in [3.8, 4) is 0 Å². The fourth-order valence-electron chi connectivity index (χ4n) is 0.443. The highest BCUT2D eigenvalue weighted by Gasteiger charge is 2.22. The molecule has 0 radical (unpaired) electrons. The first-order valence-electron chi connectivity index (χ1n) is 2.29. The molecule has 0 saturated carbocycles. The Hall–Kier alpha value is 0.630. The van der Waals surface area contributed by atoms with Crippen LogP contribution in [-0.2, 0) is 13.6 Å². The van der Waals surface area contributed by atoms with Gasteiger partial charge in [0.2, 0.25) is 0 Å². The van der Waals surface area contributed by atoms with Crippen LogP contribution in [0.3, 0.4) is 0 Å². The molecule has 0 spiro atoms. The Morgan fingerprint density at radius 3 is 2.12 bits per heavy atom. The standard InChI is InChI=1S/C3H6BrO3P/c4-8(5)6-2-1-3-7-8/h1-3H2. The normalized spacial score (nSPS) is 27.6. The van der Waals surface area contributed by atoms with E-state index in [1.807, 2.05) is 0 Å². The SMILES string of the molecule is O=P1(Br)OCCCO1. The van der Waals surface area contributed by atoms with E-state index in [1.54, 1.807) is 0 Å². The van der Waals surface area contributed by atoms with Gasteiger partial charge in [0, 0.05) is 15.5 Å². The number of hydrogen-bond donors (Lipinski definition) is 0. The summed E-state index contributed by atoms with van der Waals surface area (Å²) in [6.07, 6.45) is -1.95. The zero-order valence-corrected chi connectivity index (χ0v) is 6.65. The van der Waals surface area contributed by atoms with Crippen LogP contribution in [0.25, 0.3) is 0 Å². The molecule has 1 heterocycles. The van der Waals surface area contributed by atoms with E-state index < -0.39 is 6.30 Å². The molecular weight excluding hydrogens is 195 g/mol. The van der Waals surface area contributed by atoms with E-state index in [-0.39, 0.29) is 0 Å². The summed E-state index contributed by atoms with van der Waals surface area (Å²) < 4.78 is 20.1. The van der Waals surface area contributed by atoms with E-state index in [0.717, 1.165) is 6.42 Å². The summed E-state index contributed by atoms with van der Waals surface area (Å²) in [7, 11) is 0. The van der Waals surface area contributed by atoms with Crippen molar-refractivity contribution in [2.24, 2.45) is 0 Å². The van der Waals surface area contributed by atoms with E-state index in [4.69, 9.17) is 9.05 Å². The molecule has 1 aliphatic rings. The second-order valence-corrected chi connectivity index (χ2v) is 5.43. The van der Waals surface area contributed by atoms with Gasteiger partial charge in [-0.15, -0.1) is 0 Å². The van der Waals surface area contributed by atoms with Crippen LogP contribution < -0.4 is 0 Å². The van der Waals surface area contributed by atoms with Crippen LogP contribution in [-0.4, -0.2) is 13.2 Å². The third-order valence-corrected chi connectivity index (χ3v) is 2.99. The number of rotatable bonds is 0. The number of hydrogen-bond acceptors (Lipinski definition) is 3. The Bertz CT molecular complexity index is 116. The van der Waals surface area contributed by atoms with Gasteiger partial charge in [-0.05, 0) is 6.42 Å². The van der Waals surface area contributed by atoms with Crippen molar-refractivity contribution in [2.75, 3.05) is 13.2 Å². The van der Waals surface area contributed by atoms with Crippen LogP contribution in [0.15, 0.2) is 0 Å². The molecule has 0 amide bonds. The smallest absolute Gasteiger partial charge is 0.300 e. The monoisotopic (exact) mass is 200 g/mol. The van der Waals surface area contributed by atoms with Crippen molar-refractivity contribution in [3.05, 3.63) is 0 Å². The molecule has 3 nitrogen and oxygen atoms in total. The summed E-state index contributed by atoms with van der Waals surface area (Å²) in [5.41, 5.74) is 0. The summed E-state index contributed by atoms with van der Waals surface area (Å²) in [4.78, 5) is 0. The highest BCUT2D eigenvalue weighted by molar-refractivity contribution is 9.39. The summed E-state index contributed by atoms with van der Waals surface area (Å²) in [6, 6.07) is 0. The lowest BCUT2D eigenvalue weighted by molar-refractivity contribution is 0.161. The molecule has 0 unspecified atom stereocenters. The number of halogens is 1. The average molecular weight is 201 g/mol. The molecule has 0 aromatic carbocycles. The maximum absolute atomic E-state index is 10.7. The summed E-state index contributed by atoms with van der Waals surface area (Å²) in [6.45, 7) is 1.06. The highest BCUT2D eigenvalue weighted by atomic mass is 79.9. The summed E-state index contributed by atoms with van der Waals surface area (Å²) >= 11 is 2.80. The van der Waals surface area contributed by atoms with Crippen LogP contribution in [0.4, 0.5) is 0 Å². The molecule has 0 atom stereocenters. The molecule has 1 rings (SSSR count). The molecule has 1 saturated heterocycles. The van der Waals surface area contributed by atoms with Crippen molar-refractivity contribution in [1.29, 1.82) is 0 Å². The van der Waals surface area contributed by atoms with E-state index in [1.165, 1.54) is 0 Å². The van der Waals surface area contributed by atoms with E-state index in [9.17, 15) is 4.57 Å². The molecule has 1 aliphatic heterocycles. The Kier molecular flexibility index (Phi) is 2.09. The summed E-state index contributed by atoms with van der Waals surface area (Å²) in [5, 5.41) is 0. The van der Waals surface area contributed by atoms with Crippen LogP contribution in [0.1, 0.15) is 6.42 Å². The topological polar surface area (TPSA) is 35.5 Å². The van der Waals surface area contributed by atoms with Gasteiger partial charge in [-0.2, -0.15) is 0 Å². The van der Waals surface area contributed by atoms with Gasteiger partial charge in [-0.25, -0.2) is 4.57 Å². The molecule has 8 heavy (non-hydrogen) atoms. The van der Waals surface area contributed by atoms with Gasteiger partial charge in [-0.3, -0.25) is 0 Å². The maximum Gasteiger partial charge on any atom is 0.396 e. The van der Waals surface area contributed by atoms with E-state index in [2.05, 4.69) is 15.5 Å². The second kappa shape index (κ2) is 2.48. The van der Waals surface area contributed by atoms with Gasteiger partial charge >= 0.3 is 6.30 Å². The van der Waals surface area contributed by atoms with Crippen molar-refractivity contribution < 1.29 is 13.6 Å². The molecule has 0 aliphatic carbocycles. The van der Waals surface area contributed by atoms with Crippen molar-refractivity contribution in [1.82, 2.24) is 0 Å². The van der Waals surface area contributed by atoms with Crippen LogP contribution in [0.5, 0.6) is 0 Å². The fourth-order valence-corrected chi connectivity index (χ4v) is 2.08. The first-order chi connectivity index (χ1) is 3.71. The minimum atomic E-state index is -2.77. The molecule has 1 fully saturated rings. The highest BCUT2D eigenvalue weighted by Crippen LogP contribution is 2.57. The zero-order chi connectivity index (χ0) is 6.04. The molecule has 0 N–H and O–H groups in total. The van der Waals surface area contributed by atoms with Gasteiger partial charge in [0.1, 0.15) is 0 Å². The Labute approximate surface area is 55.6 Å². The average Bonchev–Trinajstić information content (AvgIpc) is 1.65. The lowest BCUT2D eigenvalue weighted by atomic mass is 10.5. The first kappa shape index (κ1) is 6.75. The van der Waals surface area contributed by atoms with Gasteiger partial charge in [0.05, 0.1) is 13.2 Å².